The molecule has 0 bridgehead atoms. The van der Waals surface area contributed by atoms with Crippen LogP contribution in [0.2, 0.25) is 0 Å². The van der Waals surface area contributed by atoms with E-state index in [9.17, 15) is 58.5 Å². The molecule has 502 valence electrons. The van der Waals surface area contributed by atoms with Crippen LogP contribution in [0.25, 0.3) is 0 Å². The van der Waals surface area contributed by atoms with E-state index >= 15 is 4.79 Å². The third-order valence-electron chi connectivity index (χ3n) is 15.8. The van der Waals surface area contributed by atoms with Crippen molar-refractivity contribution in [2.75, 3.05) is 13.1 Å². The van der Waals surface area contributed by atoms with Gasteiger partial charge in [-0.3, -0.25) is 19.4 Å². The van der Waals surface area contributed by atoms with Crippen molar-refractivity contribution >= 4 is 69.4 Å². The molecule has 0 saturated carbocycles. The standard InChI is InChI=1S/C62H89N17O13.Zn/c1-7-36(6)52(78-57(87)46(25-38-17-19-42(80)20-18-38)75-59(89)51(35(4)5)77-54(84)44(15-11-21-68-62(64)65)72-53(83)43(63)28-50(81)82)60(90)71-41(26-39-29-66-32-69-39)31-79-22-12-16-49(79)58(88)74-45(24-37-13-9-8-10-14-37)55(85)73-47(27-40-30-67-33-70-40)56(86)76-48(61(91)92)23-34(2)3;/h8-10,13-14,17-20,29-30,32-36,41,43-49,51-52,80H,7,11-12,15-16,21-28,63H2,1-6H3,(H,66,69)(H,67,70)(H,71,90)(H,72,83)(H,73,85)(H,74,88)(H,75,89)(H,76,86)(H,77,84)(H,78,87)(H,81,82)(H,91,92)(H4,64,65,68);/t36-,41?,43?,44?,45?,46?,47?,48?,49-,51?,52?;/m0./s1. The summed E-state index contributed by atoms with van der Waals surface area (Å²) in [7, 11) is 0. The number of aliphatic imine (C=N–C) groups is 1. The fraction of sp³-hybridized carbons (Fsp3) is 0.516. The second-order valence-corrected chi connectivity index (χ2v) is 25.6. The van der Waals surface area contributed by atoms with E-state index in [1.54, 1.807) is 69.4 Å². The maximum atomic E-state index is 15.0. The fourth-order valence-corrected chi connectivity index (χ4v) is 11.8. The molecule has 11 atom stereocenters. The molecule has 30 nitrogen and oxygen atoms in total. The Bertz CT molecular complexity index is 3190. The predicted molar refractivity (Wildman–Crippen MR) is 338 cm³/mol. The Balaban J connectivity index is 1.40. The summed E-state index contributed by atoms with van der Waals surface area (Å²) in [6.07, 6.45) is 6.72. The molecule has 0 aliphatic carbocycles. The summed E-state index contributed by atoms with van der Waals surface area (Å²) in [4.78, 5) is 158. The molecule has 1 saturated heterocycles. The van der Waals surface area contributed by atoms with Crippen LogP contribution in [0.1, 0.15) is 109 Å². The van der Waals surface area contributed by atoms with Crippen LogP contribution >= 0.6 is 0 Å². The van der Waals surface area contributed by atoms with Crippen LogP contribution in [0.3, 0.4) is 0 Å². The number of amides is 8. The molecular weight excluding hydrogens is 1260 g/mol. The van der Waals surface area contributed by atoms with E-state index in [-0.39, 0.29) is 69.1 Å². The van der Waals surface area contributed by atoms with E-state index in [0.717, 1.165) is 0 Å². The first-order valence-corrected chi connectivity index (χ1v) is 32.5. The Labute approximate surface area is 549 Å². The van der Waals surface area contributed by atoms with Gasteiger partial charge in [-0.1, -0.05) is 27.7 Å². The average Bonchev–Trinajstić information content (AvgIpc) is 1.81. The number of rotatable bonds is 38. The molecule has 5 rings (SSSR count). The van der Waals surface area contributed by atoms with Crippen molar-refractivity contribution in [2.24, 2.45) is 39.9 Å². The molecule has 0 spiro atoms. The third-order valence-corrected chi connectivity index (χ3v) is 17.7. The van der Waals surface area contributed by atoms with Crippen LogP contribution in [-0.4, -0.2) is 183 Å². The van der Waals surface area contributed by atoms with E-state index < -0.39 is 138 Å². The number of imidazole rings is 2. The number of aromatic hydroxyl groups is 1. The molecule has 4 aromatic rings. The molecule has 2 aromatic heterocycles. The number of aromatic nitrogens is 4. The number of carboxylic acids is 2. The van der Waals surface area contributed by atoms with Gasteiger partial charge >= 0.3 is 377 Å². The van der Waals surface area contributed by atoms with E-state index in [0.29, 0.717) is 70.4 Å². The molecule has 3 heterocycles. The fourth-order valence-electron chi connectivity index (χ4n) is 10.5. The zero-order valence-electron chi connectivity index (χ0n) is 53.4. The summed E-state index contributed by atoms with van der Waals surface area (Å²) in [5, 5.41) is 51.7. The van der Waals surface area contributed by atoms with Gasteiger partial charge in [-0.05, 0) is 25.2 Å². The molecule has 8 amide bonds. The van der Waals surface area contributed by atoms with Crippen LogP contribution in [0.4, 0.5) is 0 Å². The van der Waals surface area contributed by atoms with Gasteiger partial charge in [0.25, 0.3) is 0 Å². The molecule has 0 radical (unpaired) electrons. The number of benzene rings is 2. The van der Waals surface area contributed by atoms with Gasteiger partial charge in [0.15, 0.2) is 5.96 Å². The number of nitrogens with zero attached hydrogens (tertiary/aromatic N) is 4. The Morgan fingerprint density at radius 2 is 1.15 bits per heavy atom. The van der Waals surface area contributed by atoms with Gasteiger partial charge in [-0.2, -0.15) is 0 Å². The molecule has 1 fully saturated rings. The molecule has 19 N–H and O–H groups in total. The minimum absolute atomic E-state index is 0.0144. The van der Waals surface area contributed by atoms with Gasteiger partial charge in [-0.25, -0.2) is 9.78 Å². The molecular formula is C62H89N17O13Zn. The van der Waals surface area contributed by atoms with E-state index in [4.69, 9.17) is 17.2 Å². The molecule has 1 aliphatic heterocycles. The van der Waals surface area contributed by atoms with Crippen LogP contribution in [0, 0.1) is 17.8 Å². The molecule has 2 aromatic carbocycles. The normalized spacial score (nSPS) is 16.3. The number of carboxylic acid groups (broad SMARTS) is 2. The zero-order chi connectivity index (χ0) is 68.5. The summed E-state index contributed by atoms with van der Waals surface area (Å²) in [6, 6.07) is 2.65. The quantitative estimate of drug-likeness (QED) is 0.0109. The zero-order valence-corrected chi connectivity index (χ0v) is 56.3. The smallest absolute Gasteiger partial charge is 0.480 e. The summed E-state index contributed by atoms with van der Waals surface area (Å²) in [6.45, 7) is 11.0. The van der Waals surface area contributed by atoms with Gasteiger partial charge in [-0.15, -0.1) is 0 Å². The Morgan fingerprint density at radius 1 is 0.645 bits per heavy atom. The number of carbonyl (C=O) groups is 10. The van der Waals surface area contributed by atoms with Crippen molar-refractivity contribution in [3.05, 3.63) is 102 Å². The first kappa shape index (κ1) is 74.8. The number of phenolic OH excluding ortho intramolecular Hbond substituents is 1. The van der Waals surface area contributed by atoms with Crippen molar-refractivity contribution in [1.82, 2.24) is 67.4 Å². The first-order valence-electron chi connectivity index (χ1n) is 31.0. The number of aromatic amines is 2. The van der Waals surface area contributed by atoms with E-state index in [1.165, 1.54) is 31.0 Å². The van der Waals surface area contributed by atoms with Crippen LogP contribution in [0.5, 0.6) is 5.75 Å². The number of carbonyl (C=O) groups excluding carboxylic acids is 8. The van der Waals surface area contributed by atoms with Crippen LogP contribution in [-0.2, 0) is 91.5 Å². The third kappa shape index (κ3) is 24.2. The number of likely N-dealkylation sites (tertiary alicyclic amines) is 1. The minimum atomic E-state index is -1.52. The second-order valence-electron chi connectivity index (χ2n) is 24.1. The molecule has 9 unspecified atom stereocenters. The second kappa shape index (κ2) is 36.9. The van der Waals surface area contributed by atoms with Crippen molar-refractivity contribution < 1.29 is 81.1 Å². The van der Waals surface area contributed by atoms with E-state index in [1.807, 2.05) is 25.7 Å². The Hall–Kier alpha value is -8.96. The van der Waals surface area contributed by atoms with Crippen molar-refractivity contribution in [2.45, 2.75) is 173 Å². The van der Waals surface area contributed by atoms with Gasteiger partial charge in [0, 0.05) is 6.54 Å². The number of guanidine groups is 1. The minimum Gasteiger partial charge on any atom is -0.480 e. The van der Waals surface area contributed by atoms with Crippen LogP contribution < -0.4 is 59.7 Å². The van der Waals surface area contributed by atoms with Crippen LogP contribution in [0.15, 0.2) is 84.6 Å². The number of H-pyrrole nitrogens is 2. The van der Waals surface area contributed by atoms with Gasteiger partial charge in [0.1, 0.15) is 11.8 Å². The van der Waals surface area contributed by atoms with Gasteiger partial charge < -0.3 is 37.8 Å². The number of aliphatic carboxylic acids is 2. The Kier molecular flexibility index (Phi) is 29.7. The van der Waals surface area contributed by atoms with Crippen molar-refractivity contribution in [1.29, 1.82) is 0 Å². The van der Waals surface area contributed by atoms with Crippen molar-refractivity contribution in [3.63, 3.8) is 0 Å². The molecule has 93 heavy (non-hydrogen) atoms. The van der Waals surface area contributed by atoms with Crippen molar-refractivity contribution in [3.8, 4) is 5.75 Å². The monoisotopic (exact) mass is 1340 g/mol. The summed E-state index contributed by atoms with van der Waals surface area (Å²) >= 11 is 0.438. The number of nitrogens with one attached hydrogen (secondary N) is 10. The summed E-state index contributed by atoms with van der Waals surface area (Å²) in [5.41, 5.74) is 19.1. The number of hydrogen-bond acceptors (Lipinski definition) is 16. The first-order chi connectivity index (χ1) is 44.1. The molecule has 31 heteroatoms. The number of nitrogens with two attached hydrogens (primary N) is 3. The Morgan fingerprint density at radius 3 is 1.70 bits per heavy atom. The summed E-state index contributed by atoms with van der Waals surface area (Å²) < 4.78 is 0.678. The predicted octanol–water partition coefficient (Wildman–Crippen LogP) is -1.18. The average molecular weight is 1350 g/mol. The number of phenols is 1. The SMILES string of the molecule is CC[C@H](C)C(NC(=O)C(Cc1ccc(O)cc1)NC(=O)C(NC(=O)C(CCCN=C(N)N)NC(=O)C(N)CC(=O)O)C(C)C)C(=O)NC(Cc1cnc[nH]1)[C](=[Zn])N1CCC[C@H]1C(=O)NC(Cc1ccccc1)C(=O)NC(Cc1cnc[nH]1)C(=O)NC(CC(C)C)C(=O)O. The number of hydrogen-bond donors (Lipinski definition) is 16. The van der Waals surface area contributed by atoms with Gasteiger partial charge in [0.05, 0.1) is 18.8 Å². The topological polar surface area (TPSA) is 479 Å². The summed E-state index contributed by atoms with van der Waals surface area (Å²) in [5.74, 6) is -10.0. The maximum absolute atomic E-state index is 15.0. The molecule has 1 aliphatic rings. The van der Waals surface area contributed by atoms with Gasteiger partial charge in [0.2, 0.25) is 11.8 Å². The van der Waals surface area contributed by atoms with E-state index in [2.05, 4.69) is 67.5 Å².